The van der Waals surface area contributed by atoms with Crippen LogP contribution >= 0.6 is 0 Å². The minimum atomic E-state index is -0.0536. The van der Waals surface area contributed by atoms with Crippen LogP contribution in [0, 0.1) is 0 Å². The Morgan fingerprint density at radius 2 is 1.84 bits per heavy atom. The van der Waals surface area contributed by atoms with E-state index in [-0.39, 0.29) is 11.9 Å². The van der Waals surface area contributed by atoms with Crippen LogP contribution in [0.25, 0.3) is 22.4 Å². The molecule has 0 unspecified atom stereocenters. The van der Waals surface area contributed by atoms with Gasteiger partial charge in [0.2, 0.25) is 5.95 Å². The number of hydrogen-bond donors (Lipinski definition) is 1. The van der Waals surface area contributed by atoms with Gasteiger partial charge in [-0.15, -0.1) is 0 Å². The second-order valence-corrected chi connectivity index (χ2v) is 7.38. The van der Waals surface area contributed by atoms with Gasteiger partial charge in [0, 0.05) is 44.9 Å². The zero-order valence-electron chi connectivity index (χ0n) is 17.9. The molecule has 1 saturated heterocycles. The Labute approximate surface area is 180 Å². The second kappa shape index (κ2) is 8.78. The first kappa shape index (κ1) is 20.9. The highest BCUT2D eigenvalue weighted by Gasteiger charge is 2.20. The molecule has 4 rings (SSSR count). The van der Waals surface area contributed by atoms with Crippen molar-refractivity contribution in [2.45, 2.75) is 6.92 Å². The first-order chi connectivity index (χ1) is 15.0. The predicted octanol–water partition coefficient (Wildman–Crippen LogP) is 1.44. The van der Waals surface area contributed by atoms with Gasteiger partial charge in [-0.3, -0.25) is 9.80 Å². The minimum absolute atomic E-state index is 0.0536. The number of carbonyl (C=O) groups is 1. The zero-order chi connectivity index (χ0) is 22.0. The summed E-state index contributed by atoms with van der Waals surface area (Å²) in [6, 6.07) is 7.36. The number of rotatable bonds is 5. The van der Waals surface area contributed by atoms with Crippen LogP contribution in [0.1, 0.15) is 17.3 Å². The Bertz CT molecular complexity index is 1080. The Hall–Kier alpha value is -3.37. The predicted molar refractivity (Wildman–Crippen MR) is 118 cm³/mol. The highest BCUT2D eigenvalue weighted by atomic mass is 16.5. The number of anilines is 2. The van der Waals surface area contributed by atoms with Gasteiger partial charge in [-0.25, -0.2) is 15.0 Å². The molecule has 3 aromatic rings. The van der Waals surface area contributed by atoms with Crippen LogP contribution in [0.3, 0.4) is 0 Å². The molecule has 2 N–H and O–H groups in total. The smallest absolute Gasteiger partial charge is 0.268 e. The maximum Gasteiger partial charge on any atom is 0.268 e. The molecule has 0 spiro atoms. The normalized spacial score (nSPS) is 14.3. The average molecular weight is 422 g/mol. The highest BCUT2D eigenvalue weighted by Crippen LogP contribution is 2.26. The largest absolute Gasteiger partial charge is 0.378 e. The molecule has 0 radical (unpaired) electrons. The fraction of sp³-hybridized carbons (Fsp3) is 0.381. The summed E-state index contributed by atoms with van der Waals surface area (Å²) >= 11 is 0. The summed E-state index contributed by atoms with van der Waals surface area (Å²) in [6.07, 6.45) is 1.66. The molecule has 1 aromatic carbocycles. The Kier molecular flexibility index (Phi) is 5.92. The fourth-order valence-electron chi connectivity index (χ4n) is 3.58. The number of amides is 1. The van der Waals surface area contributed by atoms with E-state index in [2.05, 4.69) is 19.9 Å². The third-order valence-corrected chi connectivity index (χ3v) is 5.16. The van der Waals surface area contributed by atoms with Gasteiger partial charge in [-0.2, -0.15) is 9.97 Å². The molecule has 31 heavy (non-hydrogen) atoms. The summed E-state index contributed by atoms with van der Waals surface area (Å²) in [5, 5.41) is 3.45. The number of morpholine rings is 1. The van der Waals surface area contributed by atoms with E-state index < -0.39 is 0 Å². The van der Waals surface area contributed by atoms with E-state index in [4.69, 9.17) is 15.5 Å². The Morgan fingerprint density at radius 1 is 1.13 bits per heavy atom. The van der Waals surface area contributed by atoms with Crippen molar-refractivity contribution in [1.29, 1.82) is 0 Å². The third-order valence-electron chi connectivity index (χ3n) is 5.16. The summed E-state index contributed by atoms with van der Waals surface area (Å²) in [6.45, 7) is 5.18. The fourth-order valence-corrected chi connectivity index (χ4v) is 3.58. The number of aromatic nitrogens is 4. The maximum atomic E-state index is 12.7. The number of benzene rings is 1. The maximum absolute atomic E-state index is 12.7. The third kappa shape index (κ3) is 4.25. The number of nitrogens with two attached hydrogens (primary N) is 1. The molecular formula is C21H26N8O2. The molecule has 10 heteroatoms. The van der Waals surface area contributed by atoms with Gasteiger partial charge >= 0.3 is 0 Å². The minimum Gasteiger partial charge on any atom is -0.378 e. The molecule has 2 aromatic heterocycles. The van der Waals surface area contributed by atoms with Gasteiger partial charge < -0.3 is 15.4 Å². The topological polar surface area (TPSA) is 114 Å². The van der Waals surface area contributed by atoms with Crippen LogP contribution < -0.4 is 10.6 Å². The van der Waals surface area contributed by atoms with Crippen molar-refractivity contribution >= 4 is 28.8 Å². The van der Waals surface area contributed by atoms with Crippen molar-refractivity contribution < 1.29 is 9.53 Å². The molecule has 1 aliphatic rings. The lowest BCUT2D eigenvalue weighted by atomic mass is 10.1. The van der Waals surface area contributed by atoms with Crippen LogP contribution in [-0.2, 0) is 4.74 Å². The average Bonchev–Trinajstić information content (AvgIpc) is 2.79. The van der Waals surface area contributed by atoms with Gasteiger partial charge in [0.05, 0.1) is 25.1 Å². The molecule has 162 valence electrons. The molecule has 1 aliphatic heterocycles. The van der Waals surface area contributed by atoms with Crippen molar-refractivity contribution in [1.82, 2.24) is 30.0 Å². The summed E-state index contributed by atoms with van der Waals surface area (Å²) in [5.41, 5.74) is 9.08. The molecule has 1 fully saturated rings. The lowest BCUT2D eigenvalue weighted by Crippen LogP contribution is -2.41. The van der Waals surface area contributed by atoms with Gasteiger partial charge in [0.15, 0.2) is 17.0 Å². The number of ether oxygens (including phenoxy) is 1. The first-order valence-corrected chi connectivity index (χ1v) is 10.2. The van der Waals surface area contributed by atoms with E-state index in [0.29, 0.717) is 61.1 Å². The summed E-state index contributed by atoms with van der Waals surface area (Å²) in [7, 11) is 3.70. The molecule has 1 amide bonds. The summed E-state index contributed by atoms with van der Waals surface area (Å²) in [4.78, 5) is 32.7. The van der Waals surface area contributed by atoms with E-state index in [1.54, 1.807) is 28.3 Å². The van der Waals surface area contributed by atoms with Crippen LogP contribution in [0.15, 0.2) is 30.5 Å². The van der Waals surface area contributed by atoms with E-state index >= 15 is 0 Å². The standard InChI is InChI=1S/C21H26N8O2/c1-4-29(27(2)3)20(30)15-7-5-14(6-8-15)16-13-23-18-17(24-16)19(26-21(22)25-18)28-9-11-31-12-10-28/h5-8,13H,4,9-12H2,1-3H3,(H2,22,23,25,26). The second-order valence-electron chi connectivity index (χ2n) is 7.38. The Balaban J connectivity index is 1.68. The van der Waals surface area contributed by atoms with Crippen molar-refractivity contribution in [3.63, 3.8) is 0 Å². The monoisotopic (exact) mass is 422 g/mol. The number of fused-ring (bicyclic) bond motifs is 1. The number of carbonyl (C=O) groups excluding carboxylic acids is 1. The molecule has 0 saturated carbocycles. The molecular weight excluding hydrogens is 396 g/mol. The quantitative estimate of drug-likeness (QED) is 0.610. The SMILES string of the molecule is CCN(C(=O)c1ccc(-c2cnc3nc(N)nc(N4CCOCC4)c3n2)cc1)N(C)C. The van der Waals surface area contributed by atoms with Gasteiger partial charge in [-0.1, -0.05) is 12.1 Å². The lowest BCUT2D eigenvalue weighted by Gasteiger charge is -2.28. The van der Waals surface area contributed by atoms with Gasteiger partial charge in [0.25, 0.3) is 5.91 Å². The first-order valence-electron chi connectivity index (χ1n) is 10.2. The molecule has 0 bridgehead atoms. The number of hydrogen-bond acceptors (Lipinski definition) is 9. The number of nitrogen functional groups attached to an aromatic ring is 1. The van der Waals surface area contributed by atoms with E-state index in [9.17, 15) is 4.79 Å². The summed E-state index contributed by atoms with van der Waals surface area (Å²) < 4.78 is 5.44. The van der Waals surface area contributed by atoms with Crippen LogP contribution in [0.5, 0.6) is 0 Å². The van der Waals surface area contributed by atoms with Gasteiger partial charge in [0.1, 0.15) is 0 Å². The van der Waals surface area contributed by atoms with Crippen molar-refractivity contribution in [2.24, 2.45) is 0 Å². The van der Waals surface area contributed by atoms with Crippen LogP contribution in [0.4, 0.5) is 11.8 Å². The zero-order valence-corrected chi connectivity index (χ0v) is 17.9. The van der Waals surface area contributed by atoms with E-state index in [1.807, 2.05) is 33.2 Å². The lowest BCUT2D eigenvalue weighted by molar-refractivity contribution is 0.0230. The van der Waals surface area contributed by atoms with E-state index in [0.717, 1.165) is 5.56 Å². The van der Waals surface area contributed by atoms with E-state index in [1.165, 1.54) is 0 Å². The number of hydrazine groups is 1. The van der Waals surface area contributed by atoms with Gasteiger partial charge in [-0.05, 0) is 19.1 Å². The molecule has 10 nitrogen and oxygen atoms in total. The number of nitrogens with zero attached hydrogens (tertiary/aromatic N) is 7. The van der Waals surface area contributed by atoms with Crippen molar-refractivity contribution in [3.8, 4) is 11.3 Å². The highest BCUT2D eigenvalue weighted by molar-refractivity contribution is 5.94. The Morgan fingerprint density at radius 3 is 2.48 bits per heavy atom. The van der Waals surface area contributed by atoms with Crippen LogP contribution in [-0.4, -0.2) is 82.8 Å². The van der Waals surface area contributed by atoms with Crippen molar-refractivity contribution in [2.75, 3.05) is 57.6 Å². The molecule has 0 aliphatic carbocycles. The summed E-state index contributed by atoms with van der Waals surface area (Å²) in [5.74, 6) is 0.777. The molecule has 3 heterocycles. The van der Waals surface area contributed by atoms with Crippen LogP contribution in [0.2, 0.25) is 0 Å². The van der Waals surface area contributed by atoms with Crippen molar-refractivity contribution in [3.05, 3.63) is 36.0 Å². The molecule has 0 atom stereocenters.